The minimum atomic E-state index is -0.455. The second-order valence-electron chi connectivity index (χ2n) is 7.16. The number of nitrogens with zero attached hydrogens (tertiary/aromatic N) is 2. The molecule has 0 aliphatic carbocycles. The Morgan fingerprint density at radius 1 is 0.964 bits per heavy atom. The van der Waals surface area contributed by atoms with Crippen molar-refractivity contribution in [2.75, 3.05) is 26.2 Å². The number of amides is 1. The molecular formula is C22H22N3O3+. The zero-order valence-electron chi connectivity index (χ0n) is 15.5. The fraction of sp³-hybridized carbons (Fsp3) is 0.227. The molecule has 0 aromatic heterocycles. The topological polar surface area (TPSA) is 67.9 Å². The summed E-state index contributed by atoms with van der Waals surface area (Å²) in [6.07, 6.45) is 0. The number of hydrogen-bond acceptors (Lipinski definition) is 3. The zero-order chi connectivity index (χ0) is 19.5. The minimum absolute atomic E-state index is 0.000835. The van der Waals surface area contributed by atoms with Gasteiger partial charge < -0.3 is 9.80 Å². The van der Waals surface area contributed by atoms with Gasteiger partial charge in [-0.15, -0.1) is 0 Å². The molecule has 0 atom stereocenters. The molecule has 4 rings (SSSR count). The van der Waals surface area contributed by atoms with E-state index < -0.39 is 4.92 Å². The van der Waals surface area contributed by atoms with Crippen LogP contribution in [0.2, 0.25) is 0 Å². The molecule has 1 saturated heterocycles. The van der Waals surface area contributed by atoms with Gasteiger partial charge in [0.15, 0.2) is 0 Å². The fourth-order valence-electron chi connectivity index (χ4n) is 3.83. The Hall–Kier alpha value is -3.25. The molecule has 6 heteroatoms. The molecule has 0 saturated carbocycles. The van der Waals surface area contributed by atoms with E-state index in [0.717, 1.165) is 19.6 Å². The van der Waals surface area contributed by atoms with E-state index in [9.17, 15) is 14.9 Å². The number of nitro benzene ring substituents is 1. The molecule has 0 radical (unpaired) electrons. The second-order valence-corrected chi connectivity index (χ2v) is 7.16. The van der Waals surface area contributed by atoms with Crippen LogP contribution in [0.15, 0.2) is 66.7 Å². The maximum absolute atomic E-state index is 12.7. The van der Waals surface area contributed by atoms with Crippen molar-refractivity contribution in [1.82, 2.24) is 4.90 Å². The van der Waals surface area contributed by atoms with Crippen LogP contribution in [0.1, 0.15) is 15.9 Å². The first kappa shape index (κ1) is 18.1. The Morgan fingerprint density at radius 3 is 2.36 bits per heavy atom. The third-order valence-electron chi connectivity index (χ3n) is 5.40. The summed E-state index contributed by atoms with van der Waals surface area (Å²) < 4.78 is 0. The molecule has 0 bridgehead atoms. The fourth-order valence-corrected chi connectivity index (χ4v) is 3.83. The minimum Gasteiger partial charge on any atom is -0.328 e. The van der Waals surface area contributed by atoms with Crippen molar-refractivity contribution in [3.05, 3.63) is 88.0 Å². The molecule has 1 heterocycles. The van der Waals surface area contributed by atoms with Gasteiger partial charge in [-0.1, -0.05) is 42.5 Å². The van der Waals surface area contributed by atoms with Crippen molar-refractivity contribution < 1.29 is 14.6 Å². The average molecular weight is 376 g/mol. The van der Waals surface area contributed by atoms with Crippen LogP contribution in [0.3, 0.4) is 0 Å². The van der Waals surface area contributed by atoms with Crippen LogP contribution < -0.4 is 4.90 Å². The molecule has 0 spiro atoms. The lowest BCUT2D eigenvalue weighted by atomic mass is 10.0. The highest BCUT2D eigenvalue weighted by molar-refractivity contribution is 5.94. The van der Waals surface area contributed by atoms with Gasteiger partial charge in [0.2, 0.25) is 0 Å². The SMILES string of the molecule is O=C(c1ccc([N+](=O)[O-])cc1)N1CC[NH+](Cc2cccc3ccccc23)CC1. The van der Waals surface area contributed by atoms with E-state index in [0.29, 0.717) is 18.7 Å². The van der Waals surface area contributed by atoms with Gasteiger partial charge in [0.1, 0.15) is 6.54 Å². The maximum Gasteiger partial charge on any atom is 0.269 e. The number of nitro groups is 1. The van der Waals surface area contributed by atoms with Gasteiger partial charge in [-0.05, 0) is 22.9 Å². The monoisotopic (exact) mass is 376 g/mol. The third-order valence-corrected chi connectivity index (χ3v) is 5.40. The number of rotatable bonds is 4. The highest BCUT2D eigenvalue weighted by Gasteiger charge is 2.25. The van der Waals surface area contributed by atoms with Gasteiger partial charge in [-0.25, -0.2) is 0 Å². The van der Waals surface area contributed by atoms with Gasteiger partial charge in [0, 0.05) is 23.3 Å². The number of piperazine rings is 1. The molecule has 0 unspecified atom stereocenters. The van der Waals surface area contributed by atoms with Crippen molar-refractivity contribution in [2.45, 2.75) is 6.54 Å². The number of benzene rings is 3. The van der Waals surface area contributed by atoms with Gasteiger partial charge in [0.05, 0.1) is 31.1 Å². The lowest BCUT2D eigenvalue weighted by Crippen LogP contribution is -3.13. The molecule has 6 nitrogen and oxygen atoms in total. The molecule has 3 aromatic rings. The van der Waals surface area contributed by atoms with Crippen molar-refractivity contribution >= 4 is 22.4 Å². The molecule has 1 fully saturated rings. The van der Waals surface area contributed by atoms with Crippen molar-refractivity contribution in [1.29, 1.82) is 0 Å². The van der Waals surface area contributed by atoms with Gasteiger partial charge >= 0.3 is 0 Å². The number of fused-ring (bicyclic) bond motifs is 1. The molecule has 1 amide bonds. The molecule has 1 N–H and O–H groups in total. The maximum atomic E-state index is 12.7. The first-order valence-corrected chi connectivity index (χ1v) is 9.46. The lowest BCUT2D eigenvalue weighted by Gasteiger charge is -2.32. The van der Waals surface area contributed by atoms with E-state index >= 15 is 0 Å². The number of non-ortho nitro benzene ring substituents is 1. The standard InChI is InChI=1S/C22H21N3O3/c26-22(18-8-10-20(11-9-18)25(27)28)24-14-12-23(13-15-24)16-19-6-3-5-17-4-1-2-7-21(17)19/h1-11H,12-16H2/p+1. The molecule has 1 aliphatic rings. The first-order valence-electron chi connectivity index (χ1n) is 9.46. The quantitative estimate of drug-likeness (QED) is 0.561. The predicted octanol–water partition coefficient (Wildman–Crippen LogP) is 2.29. The molecular weight excluding hydrogens is 354 g/mol. The van der Waals surface area contributed by atoms with Crippen LogP contribution >= 0.6 is 0 Å². The van der Waals surface area contributed by atoms with Crippen molar-refractivity contribution in [3.63, 3.8) is 0 Å². The summed E-state index contributed by atoms with van der Waals surface area (Å²) in [6.45, 7) is 4.11. The molecule has 142 valence electrons. The number of carbonyl (C=O) groups is 1. The summed E-state index contributed by atoms with van der Waals surface area (Å²) in [5.74, 6) is -0.0564. The number of carbonyl (C=O) groups excluding carboxylic acids is 1. The largest absolute Gasteiger partial charge is 0.328 e. The third kappa shape index (κ3) is 3.73. The Morgan fingerprint density at radius 2 is 1.64 bits per heavy atom. The van der Waals surface area contributed by atoms with Gasteiger partial charge in [-0.3, -0.25) is 14.9 Å². The summed E-state index contributed by atoms with van der Waals surface area (Å²) in [5.41, 5.74) is 1.84. The van der Waals surface area contributed by atoms with Crippen LogP contribution in [-0.2, 0) is 6.54 Å². The van der Waals surface area contributed by atoms with Crippen LogP contribution in [0.4, 0.5) is 5.69 Å². The summed E-state index contributed by atoms with van der Waals surface area (Å²) in [4.78, 5) is 26.3. The van der Waals surface area contributed by atoms with Crippen molar-refractivity contribution in [3.8, 4) is 0 Å². The van der Waals surface area contributed by atoms with E-state index in [1.54, 1.807) is 0 Å². The molecule has 28 heavy (non-hydrogen) atoms. The molecule has 1 aliphatic heterocycles. The number of hydrogen-bond donors (Lipinski definition) is 1. The van der Waals surface area contributed by atoms with Gasteiger partial charge in [-0.2, -0.15) is 0 Å². The Kier molecular flexibility index (Phi) is 5.04. The Labute approximate surface area is 163 Å². The second kappa shape index (κ2) is 7.78. The van der Waals surface area contributed by atoms with Gasteiger partial charge in [0.25, 0.3) is 11.6 Å². The first-order chi connectivity index (χ1) is 13.6. The number of quaternary nitrogens is 1. The smallest absolute Gasteiger partial charge is 0.269 e. The van der Waals surface area contributed by atoms with Crippen LogP contribution in [0, 0.1) is 10.1 Å². The van der Waals surface area contributed by atoms with Crippen LogP contribution in [-0.4, -0.2) is 41.9 Å². The van der Waals surface area contributed by atoms with Crippen molar-refractivity contribution in [2.24, 2.45) is 0 Å². The van der Waals surface area contributed by atoms with Crippen LogP contribution in [0.25, 0.3) is 10.8 Å². The Balaban J connectivity index is 1.39. The van der Waals surface area contributed by atoms with E-state index in [1.807, 2.05) is 4.90 Å². The highest BCUT2D eigenvalue weighted by Crippen LogP contribution is 2.18. The summed E-state index contributed by atoms with van der Waals surface area (Å²) in [7, 11) is 0. The van der Waals surface area contributed by atoms with E-state index in [4.69, 9.17) is 0 Å². The normalized spacial score (nSPS) is 14.9. The van der Waals surface area contributed by atoms with E-state index in [-0.39, 0.29) is 11.6 Å². The predicted molar refractivity (Wildman–Crippen MR) is 107 cm³/mol. The lowest BCUT2D eigenvalue weighted by molar-refractivity contribution is -0.917. The van der Waals surface area contributed by atoms with E-state index in [1.165, 1.54) is 45.5 Å². The summed E-state index contributed by atoms with van der Waals surface area (Å²) in [5, 5.41) is 13.3. The average Bonchev–Trinajstić information content (AvgIpc) is 2.74. The van der Waals surface area contributed by atoms with Crippen LogP contribution in [0.5, 0.6) is 0 Å². The zero-order valence-corrected chi connectivity index (χ0v) is 15.5. The Bertz CT molecular complexity index is 1000. The molecule has 3 aromatic carbocycles. The van der Waals surface area contributed by atoms with E-state index in [2.05, 4.69) is 42.5 Å². The summed E-state index contributed by atoms with van der Waals surface area (Å²) >= 11 is 0. The highest BCUT2D eigenvalue weighted by atomic mass is 16.6. The number of nitrogens with one attached hydrogen (secondary N) is 1. The summed E-state index contributed by atoms with van der Waals surface area (Å²) in [6, 6.07) is 20.7.